The van der Waals surface area contributed by atoms with Crippen LogP contribution in [0.1, 0.15) is 5.56 Å². The number of hydrogen-bond donors (Lipinski definition) is 1. The number of nitrogens with zero attached hydrogens (tertiary/aromatic N) is 1. The Kier molecular flexibility index (Phi) is 4.67. The van der Waals surface area contributed by atoms with Crippen LogP contribution in [0.25, 0.3) is 22.6 Å². The van der Waals surface area contributed by atoms with Gasteiger partial charge in [0.1, 0.15) is 17.3 Å². The van der Waals surface area contributed by atoms with Crippen molar-refractivity contribution in [2.24, 2.45) is 0 Å². The van der Waals surface area contributed by atoms with Gasteiger partial charge in [-0.3, -0.25) is 0 Å². The highest BCUT2D eigenvalue weighted by Gasteiger charge is 2.24. The Labute approximate surface area is 142 Å². The maximum atomic E-state index is 14.0. The van der Waals surface area contributed by atoms with Crippen LogP contribution in [0.5, 0.6) is 11.5 Å². The molecule has 2 aromatic carbocycles. The summed E-state index contributed by atoms with van der Waals surface area (Å²) in [5.74, 6) is -0.788. The Balaban J connectivity index is 2.16. The normalized spacial score (nSPS) is 10.8. The van der Waals surface area contributed by atoms with Gasteiger partial charge in [0.25, 0.3) is 0 Å². The zero-order valence-electron chi connectivity index (χ0n) is 13.5. The summed E-state index contributed by atoms with van der Waals surface area (Å²) in [6.45, 7) is -0.504. The van der Waals surface area contributed by atoms with Gasteiger partial charge in [0.2, 0.25) is 0 Å². The number of aromatic nitrogens is 1. The molecule has 0 aliphatic rings. The van der Waals surface area contributed by atoms with Crippen molar-refractivity contribution < 1.29 is 27.9 Å². The third-order valence-electron chi connectivity index (χ3n) is 3.79. The summed E-state index contributed by atoms with van der Waals surface area (Å²) in [5, 5.41) is 13.6. The molecule has 0 saturated heterocycles. The Morgan fingerprint density at radius 2 is 1.72 bits per heavy atom. The first kappa shape index (κ1) is 16.9. The van der Waals surface area contributed by atoms with Crippen LogP contribution >= 0.6 is 0 Å². The molecule has 0 aliphatic heterocycles. The lowest BCUT2D eigenvalue weighted by Gasteiger charge is -2.09. The Morgan fingerprint density at radius 1 is 1.04 bits per heavy atom. The van der Waals surface area contributed by atoms with E-state index in [-0.39, 0.29) is 22.6 Å². The van der Waals surface area contributed by atoms with Gasteiger partial charge >= 0.3 is 0 Å². The lowest BCUT2D eigenvalue weighted by molar-refractivity contribution is 0.281. The highest BCUT2D eigenvalue weighted by Crippen LogP contribution is 2.38. The zero-order valence-corrected chi connectivity index (χ0v) is 13.5. The molecule has 0 fully saturated rings. The Hall–Kier alpha value is -2.93. The molecule has 7 heteroatoms. The summed E-state index contributed by atoms with van der Waals surface area (Å²) in [7, 11) is 2.99. The van der Waals surface area contributed by atoms with E-state index in [0.29, 0.717) is 17.1 Å². The lowest BCUT2D eigenvalue weighted by Crippen LogP contribution is -1.95. The van der Waals surface area contributed by atoms with Crippen molar-refractivity contribution in [1.29, 1.82) is 0 Å². The molecule has 1 heterocycles. The second-order valence-corrected chi connectivity index (χ2v) is 5.16. The molecule has 3 rings (SSSR count). The van der Waals surface area contributed by atoms with Gasteiger partial charge in [0.15, 0.2) is 17.3 Å². The van der Waals surface area contributed by atoms with Gasteiger partial charge in [-0.15, -0.1) is 0 Å². The predicted molar refractivity (Wildman–Crippen MR) is 86.3 cm³/mol. The van der Waals surface area contributed by atoms with Crippen LogP contribution in [0.15, 0.2) is 40.9 Å². The minimum absolute atomic E-state index is 0.150. The van der Waals surface area contributed by atoms with Gasteiger partial charge in [-0.25, -0.2) is 8.78 Å². The second kappa shape index (κ2) is 6.90. The van der Waals surface area contributed by atoms with Crippen molar-refractivity contribution in [3.05, 3.63) is 53.6 Å². The summed E-state index contributed by atoms with van der Waals surface area (Å²) in [4.78, 5) is 0. The molecule has 0 aliphatic carbocycles. The van der Waals surface area contributed by atoms with E-state index in [4.69, 9.17) is 14.0 Å². The summed E-state index contributed by atoms with van der Waals surface area (Å²) in [5.41, 5.74) is 0.622. The highest BCUT2D eigenvalue weighted by atomic mass is 19.1. The maximum absolute atomic E-state index is 14.0. The van der Waals surface area contributed by atoms with E-state index < -0.39 is 18.2 Å². The van der Waals surface area contributed by atoms with Gasteiger partial charge in [0, 0.05) is 5.56 Å². The SMILES string of the molecule is COc1ccc(-c2noc(-c3c(F)cccc3F)c2CO)cc1OC. The quantitative estimate of drug-likeness (QED) is 0.761. The minimum atomic E-state index is -0.801. The minimum Gasteiger partial charge on any atom is -0.493 e. The van der Waals surface area contributed by atoms with Crippen LogP contribution < -0.4 is 9.47 Å². The number of methoxy groups -OCH3 is 2. The number of ether oxygens (including phenoxy) is 2. The van der Waals surface area contributed by atoms with E-state index in [1.165, 1.54) is 20.3 Å². The molecular weight excluding hydrogens is 332 g/mol. The molecule has 1 aromatic heterocycles. The largest absolute Gasteiger partial charge is 0.493 e. The summed E-state index contributed by atoms with van der Waals surface area (Å²) >= 11 is 0. The fourth-order valence-corrected chi connectivity index (χ4v) is 2.58. The van der Waals surface area contributed by atoms with Crippen molar-refractivity contribution in [3.63, 3.8) is 0 Å². The van der Waals surface area contributed by atoms with E-state index in [9.17, 15) is 13.9 Å². The van der Waals surface area contributed by atoms with Crippen molar-refractivity contribution in [2.45, 2.75) is 6.61 Å². The average molecular weight is 347 g/mol. The first-order valence-electron chi connectivity index (χ1n) is 7.36. The third kappa shape index (κ3) is 2.94. The third-order valence-corrected chi connectivity index (χ3v) is 3.79. The molecule has 0 radical (unpaired) electrons. The summed E-state index contributed by atoms with van der Waals surface area (Å²) in [6.07, 6.45) is 0. The maximum Gasteiger partial charge on any atom is 0.178 e. The molecule has 0 spiro atoms. The van der Waals surface area contributed by atoms with E-state index in [2.05, 4.69) is 5.16 Å². The van der Waals surface area contributed by atoms with E-state index in [1.54, 1.807) is 18.2 Å². The number of aliphatic hydroxyl groups is 1. The highest BCUT2D eigenvalue weighted by molar-refractivity contribution is 5.74. The number of hydrogen-bond acceptors (Lipinski definition) is 5. The number of aliphatic hydroxyl groups excluding tert-OH is 1. The smallest absolute Gasteiger partial charge is 0.178 e. The van der Waals surface area contributed by atoms with Crippen LogP contribution in [0, 0.1) is 11.6 Å². The van der Waals surface area contributed by atoms with Crippen molar-refractivity contribution in [1.82, 2.24) is 5.16 Å². The predicted octanol–water partition coefficient (Wildman–Crippen LogP) is 3.80. The zero-order chi connectivity index (χ0) is 18.0. The first-order valence-corrected chi connectivity index (χ1v) is 7.36. The molecule has 130 valence electrons. The van der Waals surface area contributed by atoms with Gasteiger partial charge in [-0.2, -0.15) is 0 Å². The fourth-order valence-electron chi connectivity index (χ4n) is 2.58. The summed E-state index contributed by atoms with van der Waals surface area (Å²) in [6, 6.07) is 8.44. The van der Waals surface area contributed by atoms with Crippen LogP contribution in [0.3, 0.4) is 0 Å². The van der Waals surface area contributed by atoms with Crippen LogP contribution in [0.4, 0.5) is 8.78 Å². The molecule has 3 aromatic rings. The van der Waals surface area contributed by atoms with Crippen LogP contribution in [-0.4, -0.2) is 24.5 Å². The molecule has 0 amide bonds. The van der Waals surface area contributed by atoms with Crippen LogP contribution in [-0.2, 0) is 6.61 Å². The molecule has 0 unspecified atom stereocenters. The first-order chi connectivity index (χ1) is 12.1. The number of benzene rings is 2. The van der Waals surface area contributed by atoms with Crippen molar-refractivity contribution in [2.75, 3.05) is 14.2 Å². The number of halogens is 2. The molecular formula is C18H15F2NO4. The van der Waals surface area contributed by atoms with Crippen LogP contribution in [0.2, 0.25) is 0 Å². The van der Waals surface area contributed by atoms with Gasteiger partial charge in [-0.1, -0.05) is 11.2 Å². The second-order valence-electron chi connectivity index (χ2n) is 5.16. The molecule has 0 atom stereocenters. The van der Waals surface area contributed by atoms with Gasteiger partial charge in [0.05, 0.1) is 32.0 Å². The Bertz CT molecular complexity index is 888. The monoisotopic (exact) mass is 347 g/mol. The van der Waals surface area contributed by atoms with Crippen molar-refractivity contribution in [3.8, 4) is 34.1 Å². The topological polar surface area (TPSA) is 64.7 Å². The Morgan fingerprint density at radius 3 is 2.32 bits per heavy atom. The van der Waals surface area contributed by atoms with E-state index in [1.807, 2.05) is 0 Å². The average Bonchev–Trinajstić information content (AvgIpc) is 3.04. The molecule has 25 heavy (non-hydrogen) atoms. The van der Waals surface area contributed by atoms with Crippen molar-refractivity contribution >= 4 is 0 Å². The molecule has 0 bridgehead atoms. The molecule has 5 nitrogen and oxygen atoms in total. The number of rotatable bonds is 5. The van der Waals surface area contributed by atoms with E-state index in [0.717, 1.165) is 12.1 Å². The fraction of sp³-hybridized carbons (Fsp3) is 0.167. The molecule has 0 saturated carbocycles. The van der Waals surface area contributed by atoms with Gasteiger partial charge < -0.3 is 19.1 Å². The summed E-state index contributed by atoms with van der Waals surface area (Å²) < 4.78 is 43.6. The lowest BCUT2D eigenvalue weighted by atomic mass is 10.0. The van der Waals surface area contributed by atoms with Gasteiger partial charge in [-0.05, 0) is 30.3 Å². The molecule has 1 N–H and O–H groups in total. The standard InChI is InChI=1S/C18H15F2NO4/c1-23-14-7-6-10(8-15(14)24-2)17-11(9-22)18(25-21-17)16-12(19)4-3-5-13(16)20/h3-8,22H,9H2,1-2H3. The van der Waals surface area contributed by atoms with E-state index >= 15 is 0 Å².